The van der Waals surface area contributed by atoms with Crippen LogP contribution in [0.4, 0.5) is 0 Å². The van der Waals surface area contributed by atoms with Crippen molar-refractivity contribution in [2.75, 3.05) is 26.3 Å². The monoisotopic (exact) mass is 254 g/mol. The zero-order chi connectivity index (χ0) is 13.2. The van der Waals surface area contributed by atoms with Gasteiger partial charge in [-0.15, -0.1) is 0 Å². The number of nitrogens with zero attached hydrogens (tertiary/aromatic N) is 1. The smallest absolute Gasteiger partial charge is 0.230 e. The average Bonchev–Trinajstić information content (AvgIpc) is 2.41. The third kappa shape index (κ3) is 2.54. The molecule has 0 spiro atoms. The molecule has 2 rings (SSSR count). The zero-order valence-corrected chi connectivity index (χ0v) is 11.7. The van der Waals surface area contributed by atoms with Gasteiger partial charge in [0, 0.05) is 32.3 Å². The van der Waals surface area contributed by atoms with Crippen molar-refractivity contribution in [3.05, 3.63) is 0 Å². The summed E-state index contributed by atoms with van der Waals surface area (Å²) >= 11 is 0. The minimum Gasteiger partial charge on any atom is -0.381 e. The van der Waals surface area contributed by atoms with Gasteiger partial charge in [-0.05, 0) is 38.5 Å². The summed E-state index contributed by atoms with van der Waals surface area (Å²) in [6.07, 6.45) is 3.90. The summed E-state index contributed by atoms with van der Waals surface area (Å²) in [6.45, 7) is 7.06. The van der Waals surface area contributed by atoms with E-state index in [1.165, 1.54) is 6.42 Å². The van der Waals surface area contributed by atoms with Gasteiger partial charge < -0.3 is 15.4 Å². The highest BCUT2D eigenvalue weighted by Gasteiger charge is 2.43. The van der Waals surface area contributed by atoms with E-state index in [0.717, 1.165) is 25.8 Å². The van der Waals surface area contributed by atoms with E-state index in [2.05, 4.69) is 18.7 Å². The fraction of sp³-hybridized carbons (Fsp3) is 0.929. The molecule has 104 valence electrons. The Morgan fingerprint density at radius 2 is 2.00 bits per heavy atom. The number of nitrogens with two attached hydrogens (primary N) is 1. The third-order valence-electron chi connectivity index (χ3n) is 4.67. The van der Waals surface area contributed by atoms with Crippen LogP contribution in [0.2, 0.25) is 0 Å². The van der Waals surface area contributed by atoms with Crippen molar-refractivity contribution in [1.82, 2.24) is 4.90 Å². The van der Waals surface area contributed by atoms with Gasteiger partial charge in [-0.1, -0.05) is 6.92 Å². The average molecular weight is 254 g/mol. The number of rotatable bonds is 2. The lowest BCUT2D eigenvalue weighted by Crippen LogP contribution is -2.55. The first-order valence-corrected chi connectivity index (χ1v) is 7.18. The Morgan fingerprint density at radius 3 is 2.61 bits per heavy atom. The number of carbonyl (C=O) groups is 1. The number of likely N-dealkylation sites (tertiary alicyclic amines) is 1. The standard InChI is InChI=1S/C14H26N2O2/c1-11-3-4-12(2)16(9-11)13(17)14(10-15)5-7-18-8-6-14/h11-12H,3-10,15H2,1-2H3. The molecular weight excluding hydrogens is 228 g/mol. The van der Waals surface area contributed by atoms with Crippen molar-refractivity contribution in [3.63, 3.8) is 0 Å². The number of ether oxygens (including phenoxy) is 1. The molecule has 2 heterocycles. The second kappa shape index (κ2) is 5.57. The Bertz CT molecular complexity index is 300. The molecule has 2 N–H and O–H groups in total. The van der Waals surface area contributed by atoms with Crippen molar-refractivity contribution >= 4 is 5.91 Å². The molecule has 18 heavy (non-hydrogen) atoms. The van der Waals surface area contributed by atoms with E-state index >= 15 is 0 Å². The van der Waals surface area contributed by atoms with E-state index in [-0.39, 0.29) is 11.3 Å². The second-order valence-electron chi connectivity index (χ2n) is 6.09. The van der Waals surface area contributed by atoms with Gasteiger partial charge in [0.15, 0.2) is 0 Å². The first kappa shape index (κ1) is 13.8. The SMILES string of the molecule is CC1CCC(C)N(C(=O)C2(CN)CCOCC2)C1. The molecule has 2 saturated heterocycles. The number of carbonyl (C=O) groups excluding carboxylic acids is 1. The van der Waals surface area contributed by atoms with E-state index in [0.29, 0.717) is 31.7 Å². The van der Waals surface area contributed by atoms with Gasteiger partial charge in [-0.25, -0.2) is 0 Å². The first-order valence-electron chi connectivity index (χ1n) is 7.18. The van der Waals surface area contributed by atoms with Crippen LogP contribution >= 0.6 is 0 Å². The van der Waals surface area contributed by atoms with Crippen molar-refractivity contribution in [2.45, 2.75) is 45.6 Å². The molecular formula is C14H26N2O2. The van der Waals surface area contributed by atoms with Crippen molar-refractivity contribution in [3.8, 4) is 0 Å². The van der Waals surface area contributed by atoms with Crippen LogP contribution in [0.15, 0.2) is 0 Å². The van der Waals surface area contributed by atoms with E-state index in [1.807, 2.05) is 0 Å². The summed E-state index contributed by atoms with van der Waals surface area (Å²) in [5.41, 5.74) is 5.57. The predicted octanol–water partition coefficient (Wildman–Crippen LogP) is 1.39. The Labute approximate surface area is 110 Å². The summed E-state index contributed by atoms with van der Waals surface area (Å²) in [5.74, 6) is 0.882. The summed E-state index contributed by atoms with van der Waals surface area (Å²) < 4.78 is 5.39. The molecule has 0 bridgehead atoms. The number of hydrogen-bond donors (Lipinski definition) is 1. The minimum absolute atomic E-state index is 0.271. The maximum Gasteiger partial charge on any atom is 0.230 e. The first-order chi connectivity index (χ1) is 8.59. The van der Waals surface area contributed by atoms with Crippen LogP contribution in [0.1, 0.15) is 39.5 Å². The predicted molar refractivity (Wildman–Crippen MR) is 71.1 cm³/mol. The van der Waals surface area contributed by atoms with Gasteiger partial charge in [0.1, 0.15) is 0 Å². The second-order valence-corrected chi connectivity index (χ2v) is 6.09. The molecule has 2 aliphatic heterocycles. The van der Waals surface area contributed by atoms with Gasteiger partial charge >= 0.3 is 0 Å². The van der Waals surface area contributed by atoms with Crippen LogP contribution in [0, 0.1) is 11.3 Å². The van der Waals surface area contributed by atoms with Crippen molar-refractivity contribution in [2.24, 2.45) is 17.1 Å². The van der Waals surface area contributed by atoms with Crippen LogP contribution in [0.25, 0.3) is 0 Å². The number of piperidine rings is 1. The van der Waals surface area contributed by atoms with Crippen LogP contribution in [-0.4, -0.2) is 43.2 Å². The van der Waals surface area contributed by atoms with Crippen molar-refractivity contribution in [1.29, 1.82) is 0 Å². The lowest BCUT2D eigenvalue weighted by Gasteiger charge is -2.44. The number of hydrogen-bond acceptors (Lipinski definition) is 3. The Hall–Kier alpha value is -0.610. The van der Waals surface area contributed by atoms with E-state index in [9.17, 15) is 4.79 Å². The minimum atomic E-state index is -0.358. The molecule has 0 aromatic carbocycles. The molecule has 2 fully saturated rings. The van der Waals surface area contributed by atoms with E-state index in [4.69, 9.17) is 10.5 Å². The Balaban J connectivity index is 2.12. The van der Waals surface area contributed by atoms with Crippen LogP contribution in [0.5, 0.6) is 0 Å². The molecule has 4 heteroatoms. The molecule has 0 saturated carbocycles. The summed E-state index contributed by atoms with van der Waals surface area (Å²) in [7, 11) is 0. The molecule has 4 nitrogen and oxygen atoms in total. The zero-order valence-electron chi connectivity index (χ0n) is 11.7. The topological polar surface area (TPSA) is 55.6 Å². The molecule has 2 aliphatic rings. The van der Waals surface area contributed by atoms with Crippen LogP contribution in [-0.2, 0) is 9.53 Å². The van der Waals surface area contributed by atoms with Crippen LogP contribution in [0.3, 0.4) is 0 Å². The van der Waals surface area contributed by atoms with E-state index < -0.39 is 0 Å². The Morgan fingerprint density at radius 1 is 1.33 bits per heavy atom. The molecule has 0 aromatic rings. The third-order valence-corrected chi connectivity index (χ3v) is 4.67. The lowest BCUT2D eigenvalue weighted by molar-refractivity contribution is -0.151. The van der Waals surface area contributed by atoms with Crippen molar-refractivity contribution < 1.29 is 9.53 Å². The summed E-state index contributed by atoms with van der Waals surface area (Å²) in [4.78, 5) is 14.9. The quantitative estimate of drug-likeness (QED) is 0.810. The van der Waals surface area contributed by atoms with Gasteiger partial charge in [-0.3, -0.25) is 4.79 Å². The van der Waals surface area contributed by atoms with Gasteiger partial charge in [0.05, 0.1) is 5.41 Å². The molecule has 1 amide bonds. The fourth-order valence-corrected chi connectivity index (χ4v) is 3.14. The lowest BCUT2D eigenvalue weighted by atomic mass is 9.77. The fourth-order valence-electron chi connectivity index (χ4n) is 3.14. The molecule has 2 unspecified atom stereocenters. The molecule has 0 aliphatic carbocycles. The molecule has 2 atom stereocenters. The maximum atomic E-state index is 12.9. The molecule has 0 radical (unpaired) electrons. The van der Waals surface area contributed by atoms with Gasteiger partial charge in [0.25, 0.3) is 0 Å². The largest absolute Gasteiger partial charge is 0.381 e. The molecule has 0 aromatic heterocycles. The highest BCUT2D eigenvalue weighted by Crippen LogP contribution is 2.34. The highest BCUT2D eigenvalue weighted by molar-refractivity contribution is 5.83. The van der Waals surface area contributed by atoms with Gasteiger partial charge in [0.2, 0.25) is 5.91 Å². The van der Waals surface area contributed by atoms with E-state index in [1.54, 1.807) is 0 Å². The highest BCUT2D eigenvalue weighted by atomic mass is 16.5. The summed E-state index contributed by atoms with van der Waals surface area (Å²) in [5, 5.41) is 0. The van der Waals surface area contributed by atoms with Gasteiger partial charge in [-0.2, -0.15) is 0 Å². The number of amides is 1. The normalized spacial score (nSPS) is 32.3. The Kier molecular flexibility index (Phi) is 4.28. The maximum absolute atomic E-state index is 12.9. The van der Waals surface area contributed by atoms with Crippen LogP contribution < -0.4 is 5.73 Å². The summed E-state index contributed by atoms with van der Waals surface area (Å²) in [6, 6.07) is 0.361.